The maximum Gasteiger partial charge on any atom is 0.268 e. The van der Waals surface area contributed by atoms with Crippen LogP contribution in [0, 0.1) is 5.41 Å². The monoisotopic (exact) mass is 657 g/mol. The Kier molecular flexibility index (Phi) is 12.9. The van der Waals surface area contributed by atoms with Crippen LogP contribution in [0.4, 0.5) is 11.4 Å². The molecule has 0 bridgehead atoms. The van der Waals surface area contributed by atoms with Gasteiger partial charge < -0.3 is 25.2 Å². The number of ether oxygens (including phenoxy) is 2. The van der Waals surface area contributed by atoms with Crippen molar-refractivity contribution in [2.75, 3.05) is 31.1 Å². The smallest absolute Gasteiger partial charge is 0.268 e. The Morgan fingerprint density at radius 3 is 2.51 bits per heavy atom. The molecule has 3 aromatic rings. The molecule has 0 spiro atoms. The third-order valence-electron chi connectivity index (χ3n) is 6.90. The van der Waals surface area contributed by atoms with Crippen molar-refractivity contribution in [3.63, 3.8) is 0 Å². The molecular formula is C32H40ClN5O6S. The molecule has 45 heavy (non-hydrogen) atoms. The highest BCUT2D eigenvalue weighted by atomic mass is 35.5. The van der Waals surface area contributed by atoms with E-state index in [0.29, 0.717) is 48.5 Å². The SMILES string of the molecule is CCCC(=O)Nc1c(NCc2ccc(-c3ccccc3S(=O)(=O)N(COC)C(=N)/C(C)=C(/C)O)c(COCC)c2)ccnc1Cl. The lowest BCUT2D eigenvalue weighted by Gasteiger charge is -2.26. The average molecular weight is 658 g/mol. The second kappa shape index (κ2) is 16.4. The Morgan fingerprint density at radius 2 is 1.84 bits per heavy atom. The van der Waals surface area contributed by atoms with Gasteiger partial charge in [-0.25, -0.2) is 17.7 Å². The highest BCUT2D eigenvalue weighted by Gasteiger charge is 2.31. The standard InChI is InChI=1S/C32H40ClN5O6S/c1-6-10-29(40)37-30-27(15-16-35-31(30)33)36-18-23-13-14-25(24(17-23)19-44-7-2)26-11-8-9-12-28(26)45(41,42)38(20-43-5)32(34)21(3)22(4)39/h8-9,11-17,34,39H,6-7,10,18-20H2,1-5H3,(H,35,36)(H,37,40)/b22-21-,34-32?. The number of benzene rings is 2. The molecular weight excluding hydrogens is 618 g/mol. The van der Waals surface area contributed by atoms with Crippen molar-refractivity contribution < 1.29 is 27.8 Å². The topological polar surface area (TPSA) is 154 Å². The van der Waals surface area contributed by atoms with E-state index < -0.39 is 22.6 Å². The first-order chi connectivity index (χ1) is 21.5. The second-order valence-electron chi connectivity index (χ2n) is 10.1. The maximum atomic E-state index is 14.0. The summed E-state index contributed by atoms with van der Waals surface area (Å²) in [6, 6.07) is 13.9. The number of carbonyl (C=O) groups is 1. The molecule has 0 radical (unpaired) electrons. The van der Waals surface area contributed by atoms with Crippen molar-refractivity contribution >= 4 is 44.7 Å². The van der Waals surface area contributed by atoms with Crippen molar-refractivity contribution in [3.8, 4) is 11.1 Å². The van der Waals surface area contributed by atoms with Gasteiger partial charge in [0.15, 0.2) is 5.15 Å². The molecule has 2 aromatic carbocycles. The number of aliphatic hydroxyl groups is 1. The van der Waals surface area contributed by atoms with Gasteiger partial charge >= 0.3 is 0 Å². The van der Waals surface area contributed by atoms with E-state index >= 15 is 0 Å². The fraction of sp³-hybridized carbons (Fsp3) is 0.344. The molecule has 0 aliphatic heterocycles. The number of allylic oxidation sites excluding steroid dienone is 1. The summed E-state index contributed by atoms with van der Waals surface area (Å²) >= 11 is 6.30. The lowest BCUT2D eigenvalue weighted by Crippen LogP contribution is -2.39. The Hall–Kier alpha value is -3.97. The van der Waals surface area contributed by atoms with Crippen LogP contribution in [0.3, 0.4) is 0 Å². The van der Waals surface area contributed by atoms with Crippen molar-refractivity contribution in [1.82, 2.24) is 9.29 Å². The van der Waals surface area contributed by atoms with Gasteiger partial charge in [0.1, 0.15) is 18.3 Å². The van der Waals surface area contributed by atoms with Gasteiger partial charge in [0.05, 0.1) is 22.9 Å². The fourth-order valence-electron chi connectivity index (χ4n) is 4.44. The number of pyridine rings is 1. The first-order valence-electron chi connectivity index (χ1n) is 14.4. The van der Waals surface area contributed by atoms with Crippen LogP contribution in [0.2, 0.25) is 5.15 Å². The number of nitrogens with zero attached hydrogens (tertiary/aromatic N) is 2. The number of sulfonamides is 1. The zero-order valence-electron chi connectivity index (χ0n) is 26.1. The molecule has 0 saturated carbocycles. The number of hydrogen-bond acceptors (Lipinski definition) is 9. The largest absolute Gasteiger partial charge is 0.512 e. The first-order valence-corrected chi connectivity index (χ1v) is 16.2. The first kappa shape index (κ1) is 35.5. The molecule has 242 valence electrons. The molecule has 11 nitrogen and oxygen atoms in total. The molecule has 0 atom stereocenters. The fourth-order valence-corrected chi connectivity index (χ4v) is 6.21. The van der Waals surface area contributed by atoms with E-state index in [2.05, 4.69) is 15.6 Å². The van der Waals surface area contributed by atoms with E-state index in [0.717, 1.165) is 15.4 Å². The van der Waals surface area contributed by atoms with Gasteiger partial charge in [0, 0.05) is 44.0 Å². The third kappa shape index (κ3) is 8.82. The average Bonchev–Trinajstić information content (AvgIpc) is 3.02. The second-order valence-corrected chi connectivity index (χ2v) is 12.3. The highest BCUT2D eigenvalue weighted by Crippen LogP contribution is 2.34. The summed E-state index contributed by atoms with van der Waals surface area (Å²) in [5.74, 6) is -0.731. The number of hydrogen-bond donors (Lipinski definition) is 4. The van der Waals surface area contributed by atoms with E-state index in [9.17, 15) is 18.3 Å². The van der Waals surface area contributed by atoms with E-state index in [1.165, 1.54) is 27.0 Å². The number of halogens is 1. The molecule has 0 fully saturated rings. The zero-order chi connectivity index (χ0) is 33.1. The van der Waals surface area contributed by atoms with Crippen molar-refractivity contribution in [2.24, 2.45) is 0 Å². The Labute approximate surface area is 269 Å². The van der Waals surface area contributed by atoms with Gasteiger partial charge in [-0.2, -0.15) is 0 Å². The molecule has 3 rings (SSSR count). The van der Waals surface area contributed by atoms with Gasteiger partial charge in [-0.3, -0.25) is 10.2 Å². The number of rotatable bonds is 15. The van der Waals surface area contributed by atoms with E-state index in [4.69, 9.17) is 26.5 Å². The molecule has 1 amide bonds. The van der Waals surface area contributed by atoms with E-state index in [1.54, 1.807) is 30.5 Å². The third-order valence-corrected chi connectivity index (χ3v) is 8.97. The van der Waals surface area contributed by atoms with Gasteiger partial charge in [-0.05, 0) is 56.0 Å². The summed E-state index contributed by atoms with van der Waals surface area (Å²) in [6.45, 7) is 7.25. The minimum absolute atomic E-state index is 0.0299. The molecule has 0 unspecified atom stereocenters. The number of amidine groups is 1. The molecule has 1 heterocycles. The quantitative estimate of drug-likeness (QED) is 0.0462. The van der Waals surface area contributed by atoms with Gasteiger partial charge in [-0.15, -0.1) is 0 Å². The highest BCUT2D eigenvalue weighted by molar-refractivity contribution is 7.89. The Balaban J connectivity index is 2.03. The minimum atomic E-state index is -4.30. The zero-order valence-corrected chi connectivity index (χ0v) is 27.7. The van der Waals surface area contributed by atoms with Crippen LogP contribution in [0.5, 0.6) is 0 Å². The Bertz CT molecular complexity index is 1660. The van der Waals surface area contributed by atoms with Crippen LogP contribution < -0.4 is 10.6 Å². The summed E-state index contributed by atoms with van der Waals surface area (Å²) in [6.07, 6.45) is 2.59. The molecule has 0 aliphatic rings. The normalized spacial score (nSPS) is 12.0. The Morgan fingerprint density at radius 1 is 1.11 bits per heavy atom. The van der Waals surface area contributed by atoms with E-state index in [-0.39, 0.29) is 33.9 Å². The summed E-state index contributed by atoms with van der Waals surface area (Å²) in [5, 5.41) is 24.8. The number of aliphatic hydroxyl groups excluding tert-OH is 1. The van der Waals surface area contributed by atoms with E-state index in [1.807, 2.05) is 32.0 Å². The van der Waals surface area contributed by atoms with Crippen LogP contribution in [0.1, 0.15) is 51.7 Å². The van der Waals surface area contributed by atoms with Crippen molar-refractivity contribution in [1.29, 1.82) is 5.41 Å². The number of nitrogens with one attached hydrogen (secondary N) is 3. The summed E-state index contributed by atoms with van der Waals surface area (Å²) in [7, 11) is -2.97. The summed E-state index contributed by atoms with van der Waals surface area (Å²) < 4.78 is 39.8. The lowest BCUT2D eigenvalue weighted by molar-refractivity contribution is -0.116. The van der Waals surface area contributed by atoms with Gasteiger partial charge in [-0.1, -0.05) is 54.9 Å². The predicted molar refractivity (Wildman–Crippen MR) is 177 cm³/mol. The molecule has 1 aromatic heterocycles. The number of aromatic nitrogens is 1. The van der Waals surface area contributed by atoms with Crippen LogP contribution in [0.15, 0.2) is 71.0 Å². The molecule has 0 saturated heterocycles. The predicted octanol–water partition coefficient (Wildman–Crippen LogP) is 6.71. The summed E-state index contributed by atoms with van der Waals surface area (Å²) in [4.78, 5) is 16.3. The van der Waals surface area contributed by atoms with Crippen molar-refractivity contribution in [2.45, 2.75) is 58.6 Å². The lowest BCUT2D eigenvalue weighted by atomic mass is 9.97. The van der Waals surface area contributed by atoms with Crippen LogP contribution in [-0.2, 0) is 37.4 Å². The van der Waals surface area contributed by atoms with Gasteiger partial charge in [0.25, 0.3) is 10.0 Å². The number of methoxy groups -OCH3 is 1. The van der Waals surface area contributed by atoms with Crippen molar-refractivity contribution in [3.05, 3.63) is 82.3 Å². The van der Waals surface area contributed by atoms with Crippen LogP contribution in [0.25, 0.3) is 11.1 Å². The maximum absolute atomic E-state index is 14.0. The number of amides is 1. The van der Waals surface area contributed by atoms with Gasteiger partial charge in [0.2, 0.25) is 5.91 Å². The minimum Gasteiger partial charge on any atom is -0.512 e. The van der Waals surface area contributed by atoms with Crippen LogP contribution >= 0.6 is 11.6 Å². The number of anilines is 2. The molecule has 0 aliphatic carbocycles. The molecule has 13 heteroatoms. The van der Waals surface area contributed by atoms with Crippen LogP contribution in [-0.4, -0.2) is 55.0 Å². The summed E-state index contributed by atoms with van der Waals surface area (Å²) in [5.41, 5.74) is 3.79. The number of carbonyl (C=O) groups excluding carboxylic acids is 1. The molecule has 4 N–H and O–H groups in total.